The van der Waals surface area contributed by atoms with Crippen LogP contribution in [0.4, 0.5) is 17.1 Å². The van der Waals surface area contributed by atoms with Gasteiger partial charge in [-0.1, -0.05) is 140 Å². The lowest BCUT2D eigenvalue weighted by Crippen LogP contribution is -2.09. The standard InChI is InChI=1S/C50H33NS/c1-2-9-34(10-3-1)35-19-25-42(26-20-35)51(44-29-23-38(24-30-44)46-15-8-12-37-11-4-5-13-45(37)46)43-27-21-36(22-28-43)39-17-18-40-32-48-47-14-6-7-16-49(47)52-50(48)33-41(40)31-39/h1-33H. The predicted molar refractivity (Wildman–Crippen MR) is 225 cm³/mol. The van der Waals surface area contributed by atoms with Crippen molar-refractivity contribution in [2.75, 3.05) is 4.90 Å². The van der Waals surface area contributed by atoms with Gasteiger partial charge in [0.15, 0.2) is 0 Å². The van der Waals surface area contributed by atoms with Crippen LogP contribution < -0.4 is 4.90 Å². The first-order valence-electron chi connectivity index (χ1n) is 17.7. The quantitative estimate of drug-likeness (QED) is 0.169. The molecule has 0 amide bonds. The summed E-state index contributed by atoms with van der Waals surface area (Å²) in [6.07, 6.45) is 0. The van der Waals surface area contributed by atoms with Gasteiger partial charge in [-0.15, -0.1) is 11.3 Å². The van der Waals surface area contributed by atoms with Gasteiger partial charge in [0.25, 0.3) is 0 Å². The number of fused-ring (bicyclic) bond motifs is 5. The average molecular weight is 680 g/mol. The molecule has 0 saturated heterocycles. The molecule has 9 aromatic carbocycles. The van der Waals surface area contributed by atoms with Crippen LogP contribution in [0.3, 0.4) is 0 Å². The van der Waals surface area contributed by atoms with E-state index in [4.69, 9.17) is 0 Å². The van der Waals surface area contributed by atoms with Gasteiger partial charge in [0.1, 0.15) is 0 Å². The van der Waals surface area contributed by atoms with Crippen molar-refractivity contribution in [2.24, 2.45) is 0 Å². The molecule has 1 aromatic heterocycles. The Hall–Kier alpha value is -6.48. The molecule has 1 nitrogen and oxygen atoms in total. The molecule has 0 unspecified atom stereocenters. The topological polar surface area (TPSA) is 3.24 Å². The van der Waals surface area contributed by atoms with Gasteiger partial charge >= 0.3 is 0 Å². The smallest absolute Gasteiger partial charge is 0.0462 e. The van der Waals surface area contributed by atoms with Crippen molar-refractivity contribution in [1.82, 2.24) is 0 Å². The lowest BCUT2D eigenvalue weighted by molar-refractivity contribution is 1.28. The zero-order chi connectivity index (χ0) is 34.4. The fraction of sp³-hybridized carbons (Fsp3) is 0. The molecule has 244 valence electrons. The maximum absolute atomic E-state index is 2.36. The molecule has 1 heterocycles. The Morgan fingerprint density at radius 3 is 1.58 bits per heavy atom. The van der Waals surface area contributed by atoms with E-state index >= 15 is 0 Å². The maximum Gasteiger partial charge on any atom is 0.0462 e. The summed E-state index contributed by atoms with van der Waals surface area (Å²) in [5.74, 6) is 0. The highest BCUT2D eigenvalue weighted by Gasteiger charge is 2.15. The lowest BCUT2D eigenvalue weighted by Gasteiger charge is -2.26. The first-order chi connectivity index (χ1) is 25.7. The van der Waals surface area contributed by atoms with E-state index in [1.165, 1.54) is 75.1 Å². The molecule has 0 aliphatic carbocycles. The van der Waals surface area contributed by atoms with E-state index in [0.29, 0.717) is 0 Å². The van der Waals surface area contributed by atoms with Gasteiger partial charge in [0.2, 0.25) is 0 Å². The molecule has 0 N–H and O–H groups in total. The summed E-state index contributed by atoms with van der Waals surface area (Å²) in [6.45, 7) is 0. The summed E-state index contributed by atoms with van der Waals surface area (Å²) in [4.78, 5) is 2.35. The minimum atomic E-state index is 1.11. The molecular weight excluding hydrogens is 647 g/mol. The Labute approximate surface area is 307 Å². The molecule has 0 fully saturated rings. The van der Waals surface area contributed by atoms with Crippen molar-refractivity contribution in [2.45, 2.75) is 0 Å². The third kappa shape index (κ3) is 5.42. The van der Waals surface area contributed by atoms with Crippen molar-refractivity contribution in [1.29, 1.82) is 0 Å². The summed E-state index contributed by atoms with van der Waals surface area (Å²) in [6, 6.07) is 72.9. The highest BCUT2D eigenvalue weighted by Crippen LogP contribution is 2.40. The second-order valence-electron chi connectivity index (χ2n) is 13.4. The second kappa shape index (κ2) is 12.7. The van der Waals surface area contributed by atoms with E-state index in [2.05, 4.69) is 205 Å². The Balaban J connectivity index is 1.02. The highest BCUT2D eigenvalue weighted by atomic mass is 32.1. The first kappa shape index (κ1) is 30.4. The van der Waals surface area contributed by atoms with Crippen LogP contribution in [0.2, 0.25) is 0 Å². The monoisotopic (exact) mass is 679 g/mol. The molecule has 0 atom stereocenters. The molecule has 0 radical (unpaired) electrons. The second-order valence-corrected chi connectivity index (χ2v) is 14.5. The van der Waals surface area contributed by atoms with Crippen LogP contribution in [0, 0.1) is 0 Å². The minimum absolute atomic E-state index is 1.11. The van der Waals surface area contributed by atoms with Crippen LogP contribution in [0.15, 0.2) is 200 Å². The van der Waals surface area contributed by atoms with Gasteiger partial charge in [0, 0.05) is 37.2 Å². The van der Waals surface area contributed by atoms with Gasteiger partial charge in [0.05, 0.1) is 0 Å². The molecule has 0 saturated carbocycles. The molecule has 0 spiro atoms. The molecule has 10 aromatic rings. The van der Waals surface area contributed by atoms with E-state index in [-0.39, 0.29) is 0 Å². The Kier molecular flexibility index (Phi) is 7.41. The van der Waals surface area contributed by atoms with Crippen LogP contribution >= 0.6 is 11.3 Å². The summed E-state index contributed by atoms with van der Waals surface area (Å²) in [7, 11) is 0. The number of rotatable bonds is 6. The van der Waals surface area contributed by atoms with Gasteiger partial charge < -0.3 is 4.90 Å². The van der Waals surface area contributed by atoms with Gasteiger partial charge in [-0.05, 0) is 116 Å². The largest absolute Gasteiger partial charge is 0.311 e. The fourth-order valence-corrected chi connectivity index (χ4v) is 8.74. The summed E-state index contributed by atoms with van der Waals surface area (Å²) < 4.78 is 2.67. The molecule has 52 heavy (non-hydrogen) atoms. The van der Waals surface area contributed by atoms with Crippen LogP contribution in [-0.2, 0) is 0 Å². The van der Waals surface area contributed by atoms with Crippen LogP contribution in [0.5, 0.6) is 0 Å². The number of thiophene rings is 1. The summed E-state index contributed by atoms with van der Waals surface area (Å²) >= 11 is 1.87. The van der Waals surface area contributed by atoms with E-state index < -0.39 is 0 Å². The highest BCUT2D eigenvalue weighted by molar-refractivity contribution is 7.25. The molecular formula is C50H33NS. The Bertz CT molecular complexity index is 2860. The molecule has 10 rings (SSSR count). The zero-order valence-corrected chi connectivity index (χ0v) is 29.2. The summed E-state index contributed by atoms with van der Waals surface area (Å²) in [5, 5.41) is 7.74. The zero-order valence-electron chi connectivity index (χ0n) is 28.4. The molecule has 0 bridgehead atoms. The molecule has 0 aliphatic heterocycles. The van der Waals surface area contributed by atoms with Gasteiger partial charge in [-0.2, -0.15) is 0 Å². The SMILES string of the molecule is c1ccc(-c2ccc(N(c3ccc(-c4ccc5cc6c(cc5c4)sc4ccccc46)cc3)c3ccc(-c4cccc5ccccc45)cc3)cc2)cc1. The van der Waals surface area contributed by atoms with Crippen molar-refractivity contribution in [3.63, 3.8) is 0 Å². The predicted octanol–water partition coefficient (Wildman–Crippen LogP) is 14.8. The Morgan fingerprint density at radius 2 is 0.846 bits per heavy atom. The van der Waals surface area contributed by atoms with E-state index in [1.807, 2.05) is 11.3 Å². The van der Waals surface area contributed by atoms with Crippen LogP contribution in [-0.4, -0.2) is 0 Å². The van der Waals surface area contributed by atoms with Crippen LogP contribution in [0.1, 0.15) is 0 Å². The third-order valence-corrected chi connectivity index (χ3v) is 11.4. The van der Waals surface area contributed by atoms with Crippen molar-refractivity contribution in [3.8, 4) is 33.4 Å². The van der Waals surface area contributed by atoms with E-state index in [9.17, 15) is 0 Å². The number of nitrogens with zero attached hydrogens (tertiary/aromatic N) is 1. The summed E-state index contributed by atoms with van der Waals surface area (Å²) in [5.41, 5.74) is 10.6. The number of anilines is 3. The Morgan fingerprint density at radius 1 is 0.288 bits per heavy atom. The third-order valence-electron chi connectivity index (χ3n) is 10.3. The van der Waals surface area contributed by atoms with Gasteiger partial charge in [-0.25, -0.2) is 0 Å². The number of benzene rings is 9. The normalized spacial score (nSPS) is 11.5. The first-order valence-corrected chi connectivity index (χ1v) is 18.6. The fourth-order valence-electron chi connectivity index (χ4n) is 7.60. The number of hydrogen-bond donors (Lipinski definition) is 0. The van der Waals surface area contributed by atoms with E-state index in [1.54, 1.807) is 0 Å². The lowest BCUT2D eigenvalue weighted by atomic mass is 9.98. The van der Waals surface area contributed by atoms with Crippen LogP contribution in [0.25, 0.3) is 75.1 Å². The molecule has 0 aliphatic rings. The minimum Gasteiger partial charge on any atom is -0.311 e. The number of hydrogen-bond acceptors (Lipinski definition) is 2. The molecule has 2 heteroatoms. The van der Waals surface area contributed by atoms with Crippen molar-refractivity contribution in [3.05, 3.63) is 200 Å². The van der Waals surface area contributed by atoms with E-state index in [0.717, 1.165) is 17.1 Å². The van der Waals surface area contributed by atoms with Crippen molar-refractivity contribution < 1.29 is 0 Å². The maximum atomic E-state index is 2.36. The van der Waals surface area contributed by atoms with Gasteiger partial charge in [-0.3, -0.25) is 0 Å². The average Bonchev–Trinajstić information content (AvgIpc) is 3.58. The van der Waals surface area contributed by atoms with Crippen molar-refractivity contribution >= 4 is 70.1 Å².